The van der Waals surface area contributed by atoms with E-state index >= 15 is 0 Å². The van der Waals surface area contributed by atoms with Gasteiger partial charge in [-0.1, -0.05) is 12.1 Å². The SMILES string of the molecule is Cc1ccc2c(n1)N(Cc1cccnc1)CCN(S(C)(=O)=O)C2.O=C(O)C(F)(F)F.O=C(O)C(F)(F)F. The van der Waals surface area contributed by atoms with Crippen molar-refractivity contribution in [2.45, 2.75) is 32.4 Å². The molecule has 0 atom stereocenters. The second-order valence-corrected chi connectivity index (χ2v) is 9.40. The average Bonchev–Trinajstić information content (AvgIpc) is 2.93. The van der Waals surface area contributed by atoms with Crippen molar-refractivity contribution in [3.63, 3.8) is 0 Å². The monoisotopic (exact) mass is 560 g/mol. The molecule has 0 aliphatic carbocycles. The summed E-state index contributed by atoms with van der Waals surface area (Å²) in [5, 5.41) is 14.2. The van der Waals surface area contributed by atoms with Gasteiger partial charge in [0.1, 0.15) is 5.82 Å². The third kappa shape index (κ3) is 11.0. The number of carbonyl (C=O) groups is 2. The number of fused-ring (bicyclic) bond motifs is 1. The molecule has 37 heavy (non-hydrogen) atoms. The summed E-state index contributed by atoms with van der Waals surface area (Å²) >= 11 is 0. The molecule has 3 rings (SSSR count). The van der Waals surface area contributed by atoms with Crippen LogP contribution in [-0.4, -0.2) is 76.5 Å². The minimum absolute atomic E-state index is 0.366. The lowest BCUT2D eigenvalue weighted by atomic mass is 10.2. The van der Waals surface area contributed by atoms with Crippen molar-refractivity contribution in [3.05, 3.63) is 53.5 Å². The summed E-state index contributed by atoms with van der Waals surface area (Å²) in [5.74, 6) is -4.65. The quantitative estimate of drug-likeness (QED) is 0.542. The van der Waals surface area contributed by atoms with Crippen molar-refractivity contribution in [1.29, 1.82) is 0 Å². The van der Waals surface area contributed by atoms with Crippen molar-refractivity contribution in [3.8, 4) is 0 Å². The Morgan fingerprint density at radius 2 is 1.54 bits per heavy atom. The van der Waals surface area contributed by atoms with Gasteiger partial charge >= 0.3 is 24.3 Å². The molecule has 2 N–H and O–H groups in total. The van der Waals surface area contributed by atoms with E-state index in [1.54, 1.807) is 6.20 Å². The third-order valence-corrected chi connectivity index (χ3v) is 5.66. The molecule has 0 saturated heterocycles. The molecule has 1 aliphatic heterocycles. The molecule has 0 amide bonds. The van der Waals surface area contributed by atoms with Gasteiger partial charge in [-0.3, -0.25) is 4.98 Å². The summed E-state index contributed by atoms with van der Waals surface area (Å²) < 4.78 is 88.9. The topological polar surface area (TPSA) is 141 Å². The molecule has 2 aromatic rings. The smallest absolute Gasteiger partial charge is 0.475 e. The Bertz CT molecular complexity index is 1150. The number of carboxylic acid groups (broad SMARTS) is 2. The first-order valence-electron chi connectivity index (χ1n) is 9.98. The molecule has 0 fully saturated rings. The molecule has 2 aromatic heterocycles. The van der Waals surface area contributed by atoms with Crippen LogP contribution in [0, 0.1) is 6.92 Å². The van der Waals surface area contributed by atoms with Crippen LogP contribution in [0.15, 0.2) is 36.7 Å². The van der Waals surface area contributed by atoms with Gasteiger partial charge in [-0.25, -0.2) is 23.0 Å². The molecule has 0 spiro atoms. The van der Waals surface area contributed by atoms with Crippen molar-refractivity contribution in [2.75, 3.05) is 24.2 Å². The van der Waals surface area contributed by atoms with Crippen LogP contribution in [0.2, 0.25) is 0 Å². The van der Waals surface area contributed by atoms with Crippen LogP contribution in [0.3, 0.4) is 0 Å². The van der Waals surface area contributed by atoms with Gasteiger partial charge in [-0.05, 0) is 24.6 Å². The Balaban J connectivity index is 0.000000404. The van der Waals surface area contributed by atoms with Crippen molar-refractivity contribution >= 4 is 27.8 Å². The maximum absolute atomic E-state index is 12.0. The van der Waals surface area contributed by atoms with Crippen LogP contribution in [0.25, 0.3) is 0 Å². The lowest BCUT2D eigenvalue weighted by Gasteiger charge is -2.23. The summed E-state index contributed by atoms with van der Waals surface area (Å²) in [6, 6.07) is 7.81. The molecule has 17 heteroatoms. The van der Waals surface area contributed by atoms with E-state index in [0.717, 1.165) is 22.6 Å². The fourth-order valence-corrected chi connectivity index (χ4v) is 3.51. The highest BCUT2D eigenvalue weighted by molar-refractivity contribution is 7.88. The minimum atomic E-state index is -5.08. The molecule has 10 nitrogen and oxygen atoms in total. The highest BCUT2D eigenvalue weighted by atomic mass is 32.2. The highest BCUT2D eigenvalue weighted by Crippen LogP contribution is 2.26. The molecule has 0 unspecified atom stereocenters. The van der Waals surface area contributed by atoms with Gasteiger partial charge in [-0.2, -0.15) is 30.6 Å². The molecule has 206 valence electrons. The van der Waals surface area contributed by atoms with Gasteiger partial charge in [0.25, 0.3) is 0 Å². The van der Waals surface area contributed by atoms with E-state index in [-0.39, 0.29) is 0 Å². The van der Waals surface area contributed by atoms with Crippen molar-refractivity contribution in [1.82, 2.24) is 14.3 Å². The molecule has 0 saturated carbocycles. The van der Waals surface area contributed by atoms with E-state index in [1.165, 1.54) is 10.6 Å². The molecular formula is C20H22F6N4O6S. The number of anilines is 1. The zero-order chi connectivity index (χ0) is 28.6. The predicted octanol–water partition coefficient (Wildman–Crippen LogP) is 2.83. The van der Waals surface area contributed by atoms with Crippen LogP contribution >= 0.6 is 0 Å². The van der Waals surface area contributed by atoms with Gasteiger partial charge in [0.15, 0.2) is 0 Å². The zero-order valence-electron chi connectivity index (χ0n) is 19.3. The maximum atomic E-state index is 12.0. The molecule has 3 heterocycles. The van der Waals surface area contributed by atoms with Crippen LogP contribution in [-0.2, 0) is 32.7 Å². The number of aromatic nitrogens is 2. The number of hydrogen-bond donors (Lipinski definition) is 2. The number of hydrogen-bond acceptors (Lipinski definition) is 7. The second kappa shape index (κ2) is 12.7. The van der Waals surface area contributed by atoms with Gasteiger partial charge in [0.2, 0.25) is 10.0 Å². The van der Waals surface area contributed by atoms with E-state index in [0.29, 0.717) is 26.2 Å². The first-order valence-corrected chi connectivity index (χ1v) is 11.8. The normalized spacial score (nSPS) is 14.2. The summed E-state index contributed by atoms with van der Waals surface area (Å²) in [4.78, 5) is 28.7. The number of aliphatic carboxylic acids is 2. The first-order chi connectivity index (χ1) is 16.8. The lowest BCUT2D eigenvalue weighted by molar-refractivity contribution is -0.193. The number of aryl methyl sites for hydroxylation is 1. The largest absolute Gasteiger partial charge is 0.490 e. The second-order valence-electron chi connectivity index (χ2n) is 7.42. The van der Waals surface area contributed by atoms with Crippen LogP contribution in [0.1, 0.15) is 16.8 Å². The number of rotatable bonds is 3. The zero-order valence-corrected chi connectivity index (χ0v) is 20.1. The van der Waals surface area contributed by atoms with E-state index in [2.05, 4.69) is 14.9 Å². The average molecular weight is 560 g/mol. The minimum Gasteiger partial charge on any atom is -0.475 e. The molecule has 0 aromatic carbocycles. The number of alkyl halides is 6. The molecular weight excluding hydrogens is 538 g/mol. The maximum Gasteiger partial charge on any atom is 0.490 e. The Morgan fingerprint density at radius 3 is 1.97 bits per heavy atom. The van der Waals surface area contributed by atoms with Crippen LogP contribution in [0.4, 0.5) is 32.2 Å². The van der Waals surface area contributed by atoms with Crippen molar-refractivity contribution in [2.24, 2.45) is 0 Å². The Hall–Kier alpha value is -3.47. The third-order valence-electron chi connectivity index (χ3n) is 4.41. The number of pyridine rings is 2. The molecule has 1 aliphatic rings. The summed E-state index contributed by atoms with van der Waals surface area (Å²) in [6.07, 6.45) is -5.34. The number of carboxylic acids is 2. The lowest BCUT2D eigenvalue weighted by Crippen LogP contribution is -2.34. The number of halogens is 6. The fraction of sp³-hybridized carbons (Fsp3) is 0.400. The van der Waals surface area contributed by atoms with E-state index in [9.17, 15) is 34.8 Å². The van der Waals surface area contributed by atoms with E-state index in [4.69, 9.17) is 19.8 Å². The summed E-state index contributed by atoms with van der Waals surface area (Å²) in [5.41, 5.74) is 2.93. The highest BCUT2D eigenvalue weighted by Gasteiger charge is 2.38. The number of nitrogens with zero attached hydrogens (tertiary/aromatic N) is 4. The standard InChI is InChI=1S/C16H20N4O2S.2C2HF3O2/c1-13-5-6-15-12-20(23(2,21)22)9-8-19(16(15)18-13)11-14-4-3-7-17-10-14;2*3-2(4,5)1(6)7/h3-7,10H,8-9,11-12H2,1-2H3;2*(H,6,7). The van der Waals surface area contributed by atoms with Gasteiger partial charge in [-0.15, -0.1) is 0 Å². The summed E-state index contributed by atoms with van der Waals surface area (Å²) in [6.45, 7) is 4.03. The van der Waals surface area contributed by atoms with E-state index < -0.39 is 34.3 Å². The van der Waals surface area contributed by atoms with E-state index in [1.807, 2.05) is 37.4 Å². The van der Waals surface area contributed by atoms with Crippen LogP contribution in [0.5, 0.6) is 0 Å². The molecule has 0 bridgehead atoms. The Morgan fingerprint density at radius 1 is 1.00 bits per heavy atom. The summed E-state index contributed by atoms with van der Waals surface area (Å²) in [7, 11) is -3.23. The van der Waals surface area contributed by atoms with Gasteiger partial charge < -0.3 is 15.1 Å². The van der Waals surface area contributed by atoms with Gasteiger partial charge in [0.05, 0.1) is 6.26 Å². The van der Waals surface area contributed by atoms with Crippen LogP contribution < -0.4 is 4.90 Å². The first kappa shape index (κ1) is 31.6. The Labute approximate surface area is 207 Å². The molecule has 0 radical (unpaired) electrons. The van der Waals surface area contributed by atoms with Crippen molar-refractivity contribution < 1.29 is 54.6 Å². The van der Waals surface area contributed by atoms with Gasteiger partial charge in [0, 0.05) is 49.8 Å². The predicted molar refractivity (Wildman–Crippen MR) is 117 cm³/mol. The number of sulfonamides is 1. The fourth-order valence-electron chi connectivity index (χ4n) is 2.73. The Kier molecular flexibility index (Phi) is 10.8.